The summed E-state index contributed by atoms with van der Waals surface area (Å²) in [5, 5.41) is 9.00. The van der Waals surface area contributed by atoms with Crippen molar-refractivity contribution in [2.24, 2.45) is 0 Å². The van der Waals surface area contributed by atoms with E-state index in [0.29, 0.717) is 0 Å². The van der Waals surface area contributed by atoms with Gasteiger partial charge in [0.15, 0.2) is 0 Å². The maximum absolute atomic E-state index is 13.7. The Balaban J connectivity index is 3.10. The number of hydrogen-bond acceptors (Lipinski definition) is 2. The fourth-order valence-electron chi connectivity index (χ4n) is 1.76. The van der Waals surface area contributed by atoms with Gasteiger partial charge in [-0.15, -0.1) is 0 Å². The van der Waals surface area contributed by atoms with Crippen LogP contribution in [0.15, 0.2) is 18.2 Å². The average molecular weight is 302 g/mol. The number of amides is 1. The Labute approximate surface area is 122 Å². The summed E-state index contributed by atoms with van der Waals surface area (Å²) in [7, 11) is 0. The van der Waals surface area contributed by atoms with Gasteiger partial charge in [0.2, 0.25) is 0 Å². The second kappa shape index (κ2) is 6.22. The molecule has 0 aliphatic carbocycles. The van der Waals surface area contributed by atoms with E-state index >= 15 is 0 Å². The normalized spacial score (nSPS) is 11.2. The summed E-state index contributed by atoms with van der Waals surface area (Å²) in [6, 6.07) is 3.72. The molecule has 1 amide bonds. The van der Waals surface area contributed by atoms with Gasteiger partial charge in [-0.3, -0.25) is 9.59 Å². The van der Waals surface area contributed by atoms with Crippen LogP contribution in [-0.4, -0.2) is 34.0 Å². The van der Waals surface area contributed by atoms with E-state index in [1.165, 1.54) is 17.0 Å². The summed E-state index contributed by atoms with van der Waals surface area (Å²) < 4.78 is 13.7. The van der Waals surface area contributed by atoms with Crippen LogP contribution in [0.5, 0.6) is 0 Å². The maximum Gasteiger partial charge on any atom is 0.305 e. The van der Waals surface area contributed by atoms with Gasteiger partial charge < -0.3 is 10.0 Å². The minimum atomic E-state index is -1.02. The third-order valence-corrected chi connectivity index (χ3v) is 3.00. The van der Waals surface area contributed by atoms with Gasteiger partial charge in [-0.1, -0.05) is 11.6 Å². The van der Waals surface area contributed by atoms with E-state index in [9.17, 15) is 14.0 Å². The lowest BCUT2D eigenvalue weighted by molar-refractivity contribution is -0.137. The van der Waals surface area contributed by atoms with Crippen LogP contribution < -0.4 is 0 Å². The van der Waals surface area contributed by atoms with Crippen LogP contribution in [-0.2, 0) is 4.79 Å². The standard InChI is InChI=1S/C14H17ClFNO3/c1-14(2,3)17(7-6-12(18)19)13(20)10-8-9(15)4-5-11(10)16/h4-5,8H,6-7H2,1-3H3,(H,18,19). The van der Waals surface area contributed by atoms with E-state index in [1.807, 2.05) is 0 Å². The van der Waals surface area contributed by atoms with Crippen molar-refractivity contribution < 1.29 is 19.1 Å². The van der Waals surface area contributed by atoms with Crippen molar-refractivity contribution in [3.8, 4) is 0 Å². The first-order chi connectivity index (χ1) is 9.12. The molecule has 0 saturated heterocycles. The molecule has 0 unspecified atom stereocenters. The van der Waals surface area contributed by atoms with E-state index in [0.717, 1.165) is 6.07 Å². The molecule has 6 heteroatoms. The highest BCUT2D eigenvalue weighted by Gasteiger charge is 2.29. The molecule has 0 spiro atoms. The fraction of sp³-hybridized carbons (Fsp3) is 0.429. The van der Waals surface area contributed by atoms with Crippen molar-refractivity contribution in [1.82, 2.24) is 4.90 Å². The van der Waals surface area contributed by atoms with E-state index in [4.69, 9.17) is 16.7 Å². The summed E-state index contributed by atoms with van der Waals surface area (Å²) in [6.07, 6.45) is -0.203. The van der Waals surface area contributed by atoms with Crippen molar-refractivity contribution in [2.75, 3.05) is 6.54 Å². The van der Waals surface area contributed by atoms with Crippen LogP contribution in [0, 0.1) is 5.82 Å². The SMILES string of the molecule is CC(C)(C)N(CCC(=O)O)C(=O)c1cc(Cl)ccc1F. The molecule has 0 radical (unpaired) electrons. The molecule has 1 N–H and O–H groups in total. The van der Waals surface area contributed by atoms with Gasteiger partial charge in [-0.05, 0) is 39.0 Å². The predicted octanol–water partition coefficient (Wildman–Crippen LogP) is 3.19. The third kappa shape index (κ3) is 4.20. The van der Waals surface area contributed by atoms with Gasteiger partial charge in [0, 0.05) is 17.1 Å². The fourth-order valence-corrected chi connectivity index (χ4v) is 1.93. The maximum atomic E-state index is 13.7. The smallest absolute Gasteiger partial charge is 0.305 e. The summed E-state index contributed by atoms with van der Waals surface area (Å²) >= 11 is 5.78. The largest absolute Gasteiger partial charge is 0.481 e. The highest BCUT2D eigenvalue weighted by atomic mass is 35.5. The van der Waals surface area contributed by atoms with E-state index < -0.39 is 23.2 Å². The Hall–Kier alpha value is -1.62. The number of rotatable bonds is 4. The molecule has 20 heavy (non-hydrogen) atoms. The number of carbonyl (C=O) groups is 2. The first kappa shape index (κ1) is 16.4. The topological polar surface area (TPSA) is 57.6 Å². The summed E-state index contributed by atoms with van der Waals surface area (Å²) in [5.41, 5.74) is -0.779. The van der Waals surface area contributed by atoms with Crippen molar-refractivity contribution in [2.45, 2.75) is 32.7 Å². The molecule has 0 bridgehead atoms. The number of aliphatic carboxylic acids is 1. The molecule has 0 aliphatic rings. The van der Waals surface area contributed by atoms with Crippen LogP contribution in [0.2, 0.25) is 5.02 Å². The molecule has 1 aromatic rings. The Morgan fingerprint density at radius 2 is 1.95 bits per heavy atom. The van der Waals surface area contributed by atoms with Gasteiger partial charge in [-0.25, -0.2) is 4.39 Å². The van der Waals surface area contributed by atoms with Gasteiger partial charge in [0.05, 0.1) is 12.0 Å². The summed E-state index contributed by atoms with van der Waals surface area (Å²) in [4.78, 5) is 24.4. The lowest BCUT2D eigenvalue weighted by Crippen LogP contribution is -2.46. The van der Waals surface area contributed by atoms with E-state index in [2.05, 4.69) is 0 Å². The van der Waals surface area contributed by atoms with Crippen LogP contribution in [0.3, 0.4) is 0 Å². The highest BCUT2D eigenvalue weighted by molar-refractivity contribution is 6.31. The molecule has 0 saturated carbocycles. The Bertz CT molecular complexity index is 526. The summed E-state index contributed by atoms with van der Waals surface area (Å²) in [5.74, 6) is -2.26. The van der Waals surface area contributed by atoms with Crippen LogP contribution >= 0.6 is 11.6 Å². The monoisotopic (exact) mass is 301 g/mol. The highest BCUT2D eigenvalue weighted by Crippen LogP contribution is 2.22. The molecule has 110 valence electrons. The number of carboxylic acids is 1. The molecule has 0 atom stereocenters. The first-order valence-electron chi connectivity index (χ1n) is 6.11. The van der Waals surface area contributed by atoms with Crippen molar-refractivity contribution in [3.63, 3.8) is 0 Å². The Morgan fingerprint density at radius 3 is 2.45 bits per heavy atom. The van der Waals surface area contributed by atoms with Gasteiger partial charge in [0.25, 0.3) is 5.91 Å². The lowest BCUT2D eigenvalue weighted by atomic mass is 10.0. The summed E-state index contributed by atoms with van der Waals surface area (Å²) in [6.45, 7) is 5.28. The zero-order valence-electron chi connectivity index (χ0n) is 11.6. The van der Waals surface area contributed by atoms with Crippen LogP contribution in [0.25, 0.3) is 0 Å². The van der Waals surface area contributed by atoms with Gasteiger partial charge in [-0.2, -0.15) is 0 Å². The minimum absolute atomic E-state index is 0.00359. The number of hydrogen-bond donors (Lipinski definition) is 1. The molecule has 1 aromatic carbocycles. The predicted molar refractivity (Wildman–Crippen MR) is 74.5 cm³/mol. The Kier molecular flexibility index (Phi) is 5.11. The van der Waals surface area contributed by atoms with Gasteiger partial charge in [0.1, 0.15) is 5.82 Å². The number of carboxylic acid groups (broad SMARTS) is 1. The van der Waals surface area contributed by atoms with Crippen molar-refractivity contribution >= 4 is 23.5 Å². The second-order valence-corrected chi connectivity index (χ2v) is 5.83. The quantitative estimate of drug-likeness (QED) is 0.929. The number of carbonyl (C=O) groups excluding carboxylic acids is 1. The molecule has 1 rings (SSSR count). The second-order valence-electron chi connectivity index (χ2n) is 5.40. The number of halogens is 2. The number of benzene rings is 1. The lowest BCUT2D eigenvalue weighted by Gasteiger charge is -2.35. The van der Waals surface area contributed by atoms with Gasteiger partial charge >= 0.3 is 5.97 Å². The molecule has 0 aromatic heterocycles. The minimum Gasteiger partial charge on any atom is -0.481 e. The average Bonchev–Trinajstić information content (AvgIpc) is 2.30. The molecule has 4 nitrogen and oxygen atoms in total. The zero-order chi connectivity index (χ0) is 15.5. The Morgan fingerprint density at radius 1 is 1.35 bits per heavy atom. The first-order valence-corrected chi connectivity index (χ1v) is 6.49. The third-order valence-electron chi connectivity index (χ3n) is 2.76. The van der Waals surface area contributed by atoms with Crippen molar-refractivity contribution in [3.05, 3.63) is 34.6 Å². The van der Waals surface area contributed by atoms with Crippen LogP contribution in [0.1, 0.15) is 37.6 Å². The molecule has 0 aliphatic heterocycles. The molecule has 0 heterocycles. The van der Waals surface area contributed by atoms with Crippen LogP contribution in [0.4, 0.5) is 4.39 Å². The number of nitrogens with zero attached hydrogens (tertiary/aromatic N) is 1. The molecular formula is C14H17ClFNO3. The zero-order valence-corrected chi connectivity index (χ0v) is 12.4. The van der Waals surface area contributed by atoms with E-state index in [-0.39, 0.29) is 23.6 Å². The van der Waals surface area contributed by atoms with E-state index in [1.54, 1.807) is 20.8 Å². The van der Waals surface area contributed by atoms with Crippen molar-refractivity contribution in [1.29, 1.82) is 0 Å². The molecular weight excluding hydrogens is 285 g/mol. The molecule has 0 fully saturated rings.